The van der Waals surface area contributed by atoms with Crippen molar-refractivity contribution in [1.29, 1.82) is 0 Å². The van der Waals surface area contributed by atoms with E-state index in [1.165, 1.54) is 0 Å². The molecule has 0 aliphatic heterocycles. The zero-order valence-electron chi connectivity index (χ0n) is 10.7. The van der Waals surface area contributed by atoms with Crippen LogP contribution in [0.15, 0.2) is 0 Å². The Kier molecular flexibility index (Phi) is 8.46. The molecule has 0 radical (unpaired) electrons. The summed E-state index contributed by atoms with van der Waals surface area (Å²) in [7, 11) is 0. The van der Waals surface area contributed by atoms with Gasteiger partial charge < -0.3 is 5.32 Å². The molecule has 2 heteroatoms. The molecule has 0 bridgehead atoms. The SMILES string of the molecule is C#CCN(CC)CC(C)CNCC(C)C. The molecule has 0 saturated carbocycles. The minimum absolute atomic E-state index is 0.664. The van der Waals surface area contributed by atoms with E-state index in [0.717, 1.165) is 38.6 Å². The molecule has 2 nitrogen and oxygen atoms in total. The van der Waals surface area contributed by atoms with Crippen molar-refractivity contribution in [2.45, 2.75) is 27.7 Å². The fraction of sp³-hybridized carbons (Fsp3) is 0.846. The summed E-state index contributed by atoms with van der Waals surface area (Å²) in [6, 6.07) is 0. The summed E-state index contributed by atoms with van der Waals surface area (Å²) in [4.78, 5) is 2.31. The first-order valence-corrected chi connectivity index (χ1v) is 5.96. The van der Waals surface area contributed by atoms with Crippen molar-refractivity contribution < 1.29 is 0 Å². The molecule has 0 aromatic heterocycles. The molecule has 0 saturated heterocycles. The van der Waals surface area contributed by atoms with Crippen molar-refractivity contribution in [3.8, 4) is 12.3 Å². The van der Waals surface area contributed by atoms with Gasteiger partial charge in [-0.25, -0.2) is 0 Å². The highest BCUT2D eigenvalue weighted by atomic mass is 15.1. The Morgan fingerprint density at radius 1 is 1.27 bits per heavy atom. The number of nitrogens with one attached hydrogen (secondary N) is 1. The molecule has 1 N–H and O–H groups in total. The second kappa shape index (κ2) is 8.76. The third-order valence-corrected chi connectivity index (χ3v) is 2.38. The van der Waals surface area contributed by atoms with Crippen molar-refractivity contribution in [3.63, 3.8) is 0 Å². The summed E-state index contributed by atoms with van der Waals surface area (Å²) < 4.78 is 0. The average molecular weight is 210 g/mol. The maximum absolute atomic E-state index is 5.31. The maximum Gasteiger partial charge on any atom is 0.0598 e. The lowest BCUT2D eigenvalue weighted by atomic mass is 10.1. The molecule has 1 unspecified atom stereocenters. The van der Waals surface area contributed by atoms with Crippen LogP contribution in [0.4, 0.5) is 0 Å². The molecule has 0 aliphatic carbocycles. The van der Waals surface area contributed by atoms with Crippen molar-refractivity contribution in [3.05, 3.63) is 0 Å². The van der Waals surface area contributed by atoms with Gasteiger partial charge in [0.2, 0.25) is 0 Å². The van der Waals surface area contributed by atoms with Crippen LogP contribution in [-0.4, -0.2) is 37.6 Å². The Morgan fingerprint density at radius 3 is 2.40 bits per heavy atom. The van der Waals surface area contributed by atoms with E-state index in [1.807, 2.05) is 0 Å². The highest BCUT2D eigenvalue weighted by molar-refractivity contribution is 4.88. The van der Waals surface area contributed by atoms with Crippen LogP contribution in [0, 0.1) is 24.2 Å². The van der Waals surface area contributed by atoms with Gasteiger partial charge in [0.05, 0.1) is 6.54 Å². The van der Waals surface area contributed by atoms with E-state index in [2.05, 4.69) is 43.8 Å². The van der Waals surface area contributed by atoms with Crippen LogP contribution in [0.25, 0.3) is 0 Å². The number of nitrogens with zero attached hydrogens (tertiary/aromatic N) is 1. The van der Waals surface area contributed by atoms with Crippen molar-refractivity contribution in [2.75, 3.05) is 32.7 Å². The zero-order chi connectivity index (χ0) is 11.7. The second-order valence-corrected chi connectivity index (χ2v) is 4.69. The van der Waals surface area contributed by atoms with Gasteiger partial charge in [0.15, 0.2) is 0 Å². The van der Waals surface area contributed by atoms with Crippen LogP contribution >= 0.6 is 0 Å². The van der Waals surface area contributed by atoms with Gasteiger partial charge in [-0.05, 0) is 31.5 Å². The first kappa shape index (κ1) is 14.5. The Morgan fingerprint density at radius 2 is 1.93 bits per heavy atom. The quantitative estimate of drug-likeness (QED) is 0.615. The van der Waals surface area contributed by atoms with Crippen molar-refractivity contribution in [2.24, 2.45) is 11.8 Å². The van der Waals surface area contributed by atoms with Gasteiger partial charge in [-0.1, -0.05) is 33.6 Å². The zero-order valence-corrected chi connectivity index (χ0v) is 10.7. The van der Waals surface area contributed by atoms with E-state index in [4.69, 9.17) is 6.42 Å². The average Bonchev–Trinajstić information content (AvgIpc) is 2.16. The normalized spacial score (nSPS) is 13.1. The van der Waals surface area contributed by atoms with Crippen LogP contribution in [0.2, 0.25) is 0 Å². The summed E-state index contributed by atoms with van der Waals surface area (Å²) >= 11 is 0. The Hall–Kier alpha value is -0.520. The molecular weight excluding hydrogens is 184 g/mol. The summed E-state index contributed by atoms with van der Waals surface area (Å²) in [5.41, 5.74) is 0. The van der Waals surface area contributed by atoms with Gasteiger partial charge in [0.25, 0.3) is 0 Å². The Bertz CT molecular complexity index is 181. The summed E-state index contributed by atoms with van der Waals surface area (Å²) in [5.74, 6) is 4.09. The lowest BCUT2D eigenvalue weighted by Crippen LogP contribution is -2.34. The van der Waals surface area contributed by atoms with E-state index in [0.29, 0.717) is 5.92 Å². The minimum atomic E-state index is 0.664. The molecule has 0 rings (SSSR count). The number of rotatable bonds is 8. The lowest BCUT2D eigenvalue weighted by molar-refractivity contribution is 0.270. The largest absolute Gasteiger partial charge is 0.316 e. The Labute approximate surface area is 95.4 Å². The van der Waals surface area contributed by atoms with E-state index >= 15 is 0 Å². The van der Waals surface area contributed by atoms with Gasteiger partial charge in [0.1, 0.15) is 0 Å². The lowest BCUT2D eigenvalue weighted by Gasteiger charge is -2.22. The van der Waals surface area contributed by atoms with Crippen LogP contribution in [0.5, 0.6) is 0 Å². The van der Waals surface area contributed by atoms with Gasteiger partial charge in [-0.2, -0.15) is 0 Å². The highest BCUT2D eigenvalue weighted by Gasteiger charge is 2.07. The smallest absolute Gasteiger partial charge is 0.0598 e. The fourth-order valence-corrected chi connectivity index (χ4v) is 1.56. The third kappa shape index (κ3) is 8.47. The molecule has 0 aromatic rings. The number of hydrogen-bond donors (Lipinski definition) is 1. The molecule has 0 fully saturated rings. The molecule has 0 aliphatic rings. The highest BCUT2D eigenvalue weighted by Crippen LogP contribution is 1.98. The van der Waals surface area contributed by atoms with Crippen molar-refractivity contribution >= 4 is 0 Å². The number of terminal acetylenes is 1. The fourth-order valence-electron chi connectivity index (χ4n) is 1.56. The van der Waals surface area contributed by atoms with Gasteiger partial charge >= 0.3 is 0 Å². The first-order valence-electron chi connectivity index (χ1n) is 5.96. The molecular formula is C13H26N2. The standard InChI is InChI=1S/C13H26N2/c1-6-8-15(7-2)11-13(5)10-14-9-12(3)4/h1,12-14H,7-11H2,2-5H3. The van der Waals surface area contributed by atoms with Crippen molar-refractivity contribution in [1.82, 2.24) is 10.2 Å². The number of hydrogen-bond acceptors (Lipinski definition) is 2. The van der Waals surface area contributed by atoms with E-state index in [1.54, 1.807) is 0 Å². The first-order chi connectivity index (χ1) is 7.10. The summed E-state index contributed by atoms with van der Waals surface area (Å²) in [5, 5.41) is 3.48. The predicted molar refractivity (Wildman–Crippen MR) is 67.8 cm³/mol. The van der Waals surface area contributed by atoms with Gasteiger partial charge in [-0.3, -0.25) is 4.90 Å². The second-order valence-electron chi connectivity index (χ2n) is 4.69. The molecule has 15 heavy (non-hydrogen) atoms. The molecule has 88 valence electrons. The molecule has 0 amide bonds. The van der Waals surface area contributed by atoms with Crippen LogP contribution in [0.1, 0.15) is 27.7 Å². The maximum atomic E-state index is 5.31. The van der Waals surface area contributed by atoms with Gasteiger partial charge in [-0.15, -0.1) is 6.42 Å². The monoisotopic (exact) mass is 210 g/mol. The molecule has 1 atom stereocenters. The third-order valence-electron chi connectivity index (χ3n) is 2.38. The Balaban J connectivity index is 3.62. The predicted octanol–water partition coefficient (Wildman–Crippen LogP) is 1.82. The van der Waals surface area contributed by atoms with Crippen LogP contribution in [-0.2, 0) is 0 Å². The van der Waals surface area contributed by atoms with E-state index in [-0.39, 0.29) is 0 Å². The van der Waals surface area contributed by atoms with Crippen LogP contribution in [0.3, 0.4) is 0 Å². The van der Waals surface area contributed by atoms with E-state index < -0.39 is 0 Å². The summed E-state index contributed by atoms with van der Waals surface area (Å²) in [6.07, 6.45) is 5.31. The summed E-state index contributed by atoms with van der Waals surface area (Å²) in [6.45, 7) is 14.0. The molecule has 0 heterocycles. The molecule has 0 spiro atoms. The minimum Gasteiger partial charge on any atom is -0.316 e. The van der Waals surface area contributed by atoms with E-state index in [9.17, 15) is 0 Å². The van der Waals surface area contributed by atoms with Gasteiger partial charge in [0, 0.05) is 6.54 Å². The topological polar surface area (TPSA) is 15.3 Å². The molecule has 0 aromatic carbocycles. The van der Waals surface area contributed by atoms with Crippen LogP contribution < -0.4 is 5.32 Å².